The minimum Gasteiger partial charge on any atom is -0.693 e. The molecule has 0 aromatic heterocycles. The van der Waals surface area contributed by atoms with Crippen molar-refractivity contribution in [2.45, 2.75) is 38.5 Å². The third kappa shape index (κ3) is 12.6. The van der Waals surface area contributed by atoms with E-state index in [2.05, 4.69) is 5.32 Å². The molecule has 0 radical (unpaired) electrons. The fourth-order valence-corrected chi connectivity index (χ4v) is 3.05. The van der Waals surface area contributed by atoms with Gasteiger partial charge in [-0.3, -0.25) is 24.1 Å². The van der Waals surface area contributed by atoms with Gasteiger partial charge in [-0.25, -0.2) is 9.59 Å². The average Bonchev–Trinajstić information content (AvgIpc) is 3.08. The van der Waals surface area contributed by atoms with Gasteiger partial charge >= 0.3 is 45.1 Å². The summed E-state index contributed by atoms with van der Waals surface area (Å²) in [7, 11) is 0. The molecule has 3 amide bonds. The van der Waals surface area contributed by atoms with Gasteiger partial charge in [0, 0.05) is 25.2 Å². The molecule has 15 heteroatoms. The van der Waals surface area contributed by atoms with Crippen LogP contribution < -0.4 is 5.32 Å². The normalized spacial score (nSPS) is 13.8. The summed E-state index contributed by atoms with van der Waals surface area (Å²) >= 11 is 0. The van der Waals surface area contributed by atoms with Crippen molar-refractivity contribution < 1.29 is 70.3 Å². The number of nitrogens with zero attached hydrogens (tertiary/aromatic N) is 1. The monoisotopic (exact) mass is 719 g/mol. The van der Waals surface area contributed by atoms with Crippen LogP contribution in [-0.2, 0) is 40.2 Å². The standard InChI is InChI=1S/C10H14N2O4.C7H6O2.C6H8O4.2H2N.Pt/c13-8-4-5-9(14)12(8)7-3-1-2-6-11-10(15)16;8-7(9)6-4-2-1-3-5-6;7-4(8)6(5(9)10)2-1-3-6;;;/h4-5,11H,1-3,6-7H2,(H,15,16);1-5H,(H,8,9);1-3H2,(H,7,8)(H,9,10);2*1H2;/q;;;2*-1;+2. The first-order valence-corrected chi connectivity index (χ1v) is 10.8. The number of benzene rings is 1. The van der Waals surface area contributed by atoms with E-state index in [1.807, 2.05) is 0 Å². The van der Waals surface area contributed by atoms with Gasteiger partial charge in [0.25, 0.3) is 11.8 Å². The molecule has 1 aromatic carbocycles. The van der Waals surface area contributed by atoms with Crippen LogP contribution >= 0.6 is 0 Å². The Morgan fingerprint density at radius 1 is 0.816 bits per heavy atom. The van der Waals surface area contributed by atoms with Crippen LogP contribution in [0.5, 0.6) is 0 Å². The van der Waals surface area contributed by atoms with Crippen LogP contribution in [0.1, 0.15) is 48.9 Å². The smallest absolute Gasteiger partial charge is 0.693 e. The maximum absolute atomic E-state index is 11.1. The minimum atomic E-state index is -1.44. The Balaban J connectivity index is -0.000000488. The molecule has 1 aliphatic heterocycles. The van der Waals surface area contributed by atoms with Gasteiger partial charge in [0.15, 0.2) is 5.41 Å². The Bertz CT molecular complexity index is 934. The number of carboxylic acids is 3. The number of carboxylic acid groups (broad SMARTS) is 4. The predicted molar refractivity (Wildman–Crippen MR) is 131 cm³/mol. The van der Waals surface area contributed by atoms with Crippen LogP contribution in [-0.4, -0.2) is 74.2 Å². The Hall–Kier alpha value is -3.61. The molecule has 1 fully saturated rings. The van der Waals surface area contributed by atoms with Crippen molar-refractivity contribution in [1.82, 2.24) is 10.2 Å². The van der Waals surface area contributed by atoms with Crippen LogP contribution in [0.4, 0.5) is 4.79 Å². The number of aromatic carboxylic acids is 1. The van der Waals surface area contributed by atoms with Crippen molar-refractivity contribution in [3.8, 4) is 0 Å². The molecule has 1 aliphatic carbocycles. The molecule has 0 unspecified atom stereocenters. The molecule has 1 heterocycles. The first-order chi connectivity index (χ1) is 16.5. The number of hydrogen-bond donors (Lipinski definition) is 5. The molecular formula is C23H32N4O10Pt. The number of nitrogens with two attached hydrogens (primary N) is 2. The quantitative estimate of drug-likeness (QED) is 0.141. The van der Waals surface area contributed by atoms with Crippen molar-refractivity contribution in [3.05, 3.63) is 60.3 Å². The molecule has 0 spiro atoms. The Labute approximate surface area is 233 Å². The topological polar surface area (TPSA) is 266 Å². The van der Waals surface area contributed by atoms with E-state index in [0.29, 0.717) is 37.9 Å². The number of imide groups is 1. The number of amides is 3. The summed E-state index contributed by atoms with van der Waals surface area (Å²) in [5.41, 5.74) is -1.11. The van der Waals surface area contributed by atoms with Crippen molar-refractivity contribution in [3.63, 3.8) is 0 Å². The Morgan fingerprint density at radius 2 is 1.32 bits per heavy atom. The molecule has 9 N–H and O–H groups in total. The van der Waals surface area contributed by atoms with E-state index in [1.165, 1.54) is 17.1 Å². The summed E-state index contributed by atoms with van der Waals surface area (Å²) in [6.07, 6.45) is 4.92. The maximum Gasteiger partial charge on any atom is 2.00 e. The van der Waals surface area contributed by atoms with Crippen molar-refractivity contribution in [2.75, 3.05) is 13.1 Å². The van der Waals surface area contributed by atoms with Gasteiger partial charge in [0.1, 0.15) is 0 Å². The van der Waals surface area contributed by atoms with Gasteiger partial charge in [0.2, 0.25) is 0 Å². The number of carbonyl (C=O) groups excluding carboxylic acids is 2. The van der Waals surface area contributed by atoms with E-state index >= 15 is 0 Å². The summed E-state index contributed by atoms with van der Waals surface area (Å²) in [5.74, 6) is -3.82. The second-order valence-corrected chi connectivity index (χ2v) is 7.67. The van der Waals surface area contributed by atoms with Gasteiger partial charge in [-0.1, -0.05) is 18.2 Å². The van der Waals surface area contributed by atoms with Crippen molar-refractivity contribution in [1.29, 1.82) is 0 Å². The zero-order valence-corrected chi connectivity index (χ0v) is 22.6. The molecule has 0 saturated heterocycles. The number of carbonyl (C=O) groups is 6. The summed E-state index contributed by atoms with van der Waals surface area (Å²) < 4.78 is 0. The van der Waals surface area contributed by atoms with Gasteiger partial charge in [-0.15, -0.1) is 0 Å². The number of hydrogen-bond acceptors (Lipinski definition) is 6. The zero-order valence-electron chi connectivity index (χ0n) is 20.4. The summed E-state index contributed by atoms with van der Waals surface area (Å²) in [6.45, 7) is 0.799. The molecule has 14 nitrogen and oxygen atoms in total. The van der Waals surface area contributed by atoms with E-state index in [9.17, 15) is 28.8 Å². The number of nitrogens with one attached hydrogen (secondary N) is 1. The molecule has 3 rings (SSSR count). The fourth-order valence-electron chi connectivity index (χ4n) is 3.05. The first-order valence-electron chi connectivity index (χ1n) is 10.8. The van der Waals surface area contributed by atoms with Gasteiger partial charge in [0.05, 0.1) is 5.56 Å². The van der Waals surface area contributed by atoms with E-state index in [4.69, 9.17) is 20.4 Å². The largest absolute Gasteiger partial charge is 2.00 e. The van der Waals surface area contributed by atoms with Crippen LogP contribution in [0.25, 0.3) is 12.3 Å². The van der Waals surface area contributed by atoms with Crippen LogP contribution in [0, 0.1) is 5.41 Å². The molecular weight excluding hydrogens is 687 g/mol. The summed E-state index contributed by atoms with van der Waals surface area (Å²) in [6, 6.07) is 8.30. The van der Waals surface area contributed by atoms with Crippen molar-refractivity contribution >= 4 is 35.8 Å². The Kier molecular flexibility index (Phi) is 20.0. The van der Waals surface area contributed by atoms with E-state index < -0.39 is 29.4 Å². The molecule has 2 aliphatic rings. The number of unbranched alkanes of at least 4 members (excludes halogenated alkanes) is 2. The maximum atomic E-state index is 11.1. The SMILES string of the molecule is O=C(O)C1(C(=O)O)CCC1.O=C(O)NCCCCCN1C(=O)C=CC1=O.O=C(O)c1ccccc1.[NH2-].[NH2-].[Pt+2]. The molecule has 0 atom stereocenters. The predicted octanol–water partition coefficient (Wildman–Crippen LogP) is 3.49. The van der Waals surface area contributed by atoms with Crippen LogP contribution in [0.15, 0.2) is 42.5 Å². The summed E-state index contributed by atoms with van der Waals surface area (Å²) in [4.78, 5) is 64.5. The van der Waals surface area contributed by atoms with Crippen molar-refractivity contribution in [2.24, 2.45) is 5.41 Å². The molecule has 1 saturated carbocycles. The third-order valence-electron chi connectivity index (χ3n) is 5.28. The molecule has 38 heavy (non-hydrogen) atoms. The van der Waals surface area contributed by atoms with E-state index in [0.717, 1.165) is 6.42 Å². The first kappa shape index (κ1) is 38.9. The minimum absolute atomic E-state index is 0. The number of rotatable bonds is 9. The fraction of sp³-hybridized carbons (Fsp3) is 0.391. The average molecular weight is 720 g/mol. The Morgan fingerprint density at radius 3 is 1.63 bits per heavy atom. The molecule has 214 valence electrons. The summed E-state index contributed by atoms with van der Waals surface area (Å²) in [5, 5.41) is 35.9. The van der Waals surface area contributed by atoms with Crippen LogP contribution in [0.2, 0.25) is 0 Å². The second kappa shape index (κ2) is 19.5. The zero-order chi connectivity index (χ0) is 26.4. The van der Waals surface area contributed by atoms with E-state index in [1.54, 1.807) is 30.3 Å². The molecule has 0 bridgehead atoms. The molecule has 1 aromatic rings. The van der Waals surface area contributed by atoms with Crippen LogP contribution in [0.3, 0.4) is 0 Å². The van der Waals surface area contributed by atoms with Gasteiger partial charge < -0.3 is 38.0 Å². The van der Waals surface area contributed by atoms with Gasteiger partial charge in [-0.05, 0) is 50.7 Å². The second-order valence-electron chi connectivity index (χ2n) is 7.67. The third-order valence-corrected chi connectivity index (χ3v) is 5.28. The number of aliphatic carboxylic acids is 2. The van der Waals surface area contributed by atoms with Gasteiger partial charge in [-0.2, -0.15) is 0 Å². The van der Waals surface area contributed by atoms with E-state index in [-0.39, 0.29) is 58.0 Å².